The Labute approximate surface area is 118 Å². The number of thiazole rings is 1. The van der Waals surface area contributed by atoms with Crippen LogP contribution < -0.4 is 11.1 Å². The van der Waals surface area contributed by atoms with Gasteiger partial charge in [-0.2, -0.15) is 0 Å². The molecular formula is C13H22N4OS. The molecule has 1 saturated heterocycles. The van der Waals surface area contributed by atoms with E-state index >= 15 is 0 Å². The van der Waals surface area contributed by atoms with Gasteiger partial charge in [0.05, 0.1) is 23.4 Å². The third-order valence-electron chi connectivity index (χ3n) is 3.15. The van der Waals surface area contributed by atoms with Gasteiger partial charge in [0.15, 0.2) is 5.96 Å². The van der Waals surface area contributed by atoms with E-state index in [-0.39, 0.29) is 6.10 Å². The summed E-state index contributed by atoms with van der Waals surface area (Å²) in [5, 5.41) is 4.26. The van der Waals surface area contributed by atoms with Gasteiger partial charge in [0.25, 0.3) is 0 Å². The van der Waals surface area contributed by atoms with Crippen molar-refractivity contribution in [3.05, 3.63) is 15.6 Å². The Kier molecular flexibility index (Phi) is 5.15. The number of nitrogens with zero attached hydrogens (tertiary/aromatic N) is 2. The zero-order valence-electron chi connectivity index (χ0n) is 11.6. The number of nitrogens with two attached hydrogens (primary N) is 1. The van der Waals surface area contributed by atoms with Crippen molar-refractivity contribution in [1.82, 2.24) is 10.3 Å². The van der Waals surface area contributed by atoms with Crippen LogP contribution in [0.5, 0.6) is 0 Å². The molecule has 1 aliphatic heterocycles. The summed E-state index contributed by atoms with van der Waals surface area (Å²) >= 11 is 1.75. The normalized spacial score (nSPS) is 19.9. The van der Waals surface area contributed by atoms with E-state index in [0.29, 0.717) is 12.5 Å². The number of aryl methyl sites for hydroxylation is 2. The van der Waals surface area contributed by atoms with Gasteiger partial charge in [-0.15, -0.1) is 11.3 Å². The molecule has 1 aromatic rings. The van der Waals surface area contributed by atoms with Gasteiger partial charge in [-0.25, -0.2) is 4.98 Å². The molecule has 2 rings (SSSR count). The maximum atomic E-state index is 5.83. The van der Waals surface area contributed by atoms with Crippen LogP contribution in [0.3, 0.4) is 0 Å². The van der Waals surface area contributed by atoms with Crippen molar-refractivity contribution in [2.24, 2.45) is 10.7 Å². The summed E-state index contributed by atoms with van der Waals surface area (Å²) in [6.45, 7) is 6.40. The highest BCUT2D eigenvalue weighted by molar-refractivity contribution is 7.11. The molecule has 106 valence electrons. The van der Waals surface area contributed by atoms with Crippen LogP contribution in [0.15, 0.2) is 4.99 Å². The van der Waals surface area contributed by atoms with Crippen molar-refractivity contribution in [2.45, 2.75) is 39.2 Å². The second kappa shape index (κ2) is 6.86. The van der Waals surface area contributed by atoms with E-state index in [2.05, 4.69) is 15.3 Å². The molecule has 0 aliphatic carbocycles. The average molecular weight is 282 g/mol. The van der Waals surface area contributed by atoms with E-state index in [1.54, 1.807) is 11.3 Å². The quantitative estimate of drug-likeness (QED) is 0.632. The van der Waals surface area contributed by atoms with Gasteiger partial charge >= 0.3 is 0 Å². The molecule has 0 aromatic carbocycles. The van der Waals surface area contributed by atoms with Crippen molar-refractivity contribution >= 4 is 17.3 Å². The predicted octanol–water partition coefficient (Wildman–Crippen LogP) is 1.39. The number of ether oxygens (including phenoxy) is 1. The van der Waals surface area contributed by atoms with Crippen LogP contribution in [-0.2, 0) is 11.2 Å². The molecule has 0 spiro atoms. The Bertz CT molecular complexity index is 438. The number of hydrogen-bond acceptors (Lipinski definition) is 4. The molecule has 1 unspecified atom stereocenters. The zero-order valence-corrected chi connectivity index (χ0v) is 12.4. The lowest BCUT2D eigenvalue weighted by Crippen LogP contribution is -2.34. The molecule has 0 bridgehead atoms. The lowest BCUT2D eigenvalue weighted by Gasteiger charge is -2.08. The molecule has 0 amide bonds. The summed E-state index contributed by atoms with van der Waals surface area (Å²) < 4.78 is 5.50. The number of rotatable bonds is 5. The lowest BCUT2D eigenvalue weighted by atomic mass is 10.2. The molecule has 2 heterocycles. The van der Waals surface area contributed by atoms with E-state index in [1.165, 1.54) is 4.88 Å². The number of aliphatic imine (C=N–C) groups is 1. The maximum absolute atomic E-state index is 5.83. The van der Waals surface area contributed by atoms with Crippen molar-refractivity contribution in [2.75, 3.05) is 19.7 Å². The molecule has 5 nitrogen and oxygen atoms in total. The second-order valence-electron chi connectivity index (χ2n) is 4.78. The minimum Gasteiger partial charge on any atom is -0.376 e. The van der Waals surface area contributed by atoms with Crippen molar-refractivity contribution in [3.8, 4) is 0 Å². The standard InChI is InChI=1S/C13H22N4OS/c1-9-12(19-10(2)17-9)5-6-15-13(14)16-8-11-4-3-7-18-11/h11H,3-8H2,1-2H3,(H3,14,15,16). The third kappa shape index (κ3) is 4.47. The Hall–Kier alpha value is -1.14. The van der Waals surface area contributed by atoms with Crippen LogP contribution >= 0.6 is 11.3 Å². The molecule has 1 fully saturated rings. The molecule has 19 heavy (non-hydrogen) atoms. The van der Waals surface area contributed by atoms with Gasteiger partial charge in [-0.1, -0.05) is 0 Å². The van der Waals surface area contributed by atoms with Crippen molar-refractivity contribution in [3.63, 3.8) is 0 Å². The van der Waals surface area contributed by atoms with E-state index < -0.39 is 0 Å². The number of nitrogens with one attached hydrogen (secondary N) is 1. The average Bonchev–Trinajstić information content (AvgIpc) is 2.97. The van der Waals surface area contributed by atoms with Crippen molar-refractivity contribution < 1.29 is 4.74 Å². The highest BCUT2D eigenvalue weighted by Crippen LogP contribution is 2.17. The molecule has 1 aliphatic rings. The molecule has 6 heteroatoms. The summed E-state index contributed by atoms with van der Waals surface area (Å²) in [7, 11) is 0. The topological polar surface area (TPSA) is 72.5 Å². The largest absolute Gasteiger partial charge is 0.376 e. The number of aromatic nitrogens is 1. The highest BCUT2D eigenvalue weighted by atomic mass is 32.1. The van der Waals surface area contributed by atoms with E-state index in [9.17, 15) is 0 Å². The van der Waals surface area contributed by atoms with Crippen LogP contribution in [0.1, 0.15) is 28.4 Å². The molecule has 1 atom stereocenters. The van der Waals surface area contributed by atoms with Gasteiger partial charge in [-0.05, 0) is 26.7 Å². The SMILES string of the molecule is Cc1nc(C)c(CCNC(N)=NCC2CCCO2)s1. The highest BCUT2D eigenvalue weighted by Gasteiger charge is 2.14. The van der Waals surface area contributed by atoms with Crippen LogP contribution in [0.2, 0.25) is 0 Å². The molecular weight excluding hydrogens is 260 g/mol. The fourth-order valence-corrected chi connectivity index (χ4v) is 3.09. The first-order chi connectivity index (χ1) is 9.15. The minimum atomic E-state index is 0.256. The van der Waals surface area contributed by atoms with E-state index in [0.717, 1.165) is 43.1 Å². The third-order valence-corrected chi connectivity index (χ3v) is 4.28. The zero-order chi connectivity index (χ0) is 13.7. The Morgan fingerprint density at radius 3 is 3.05 bits per heavy atom. The maximum Gasteiger partial charge on any atom is 0.188 e. The van der Waals surface area contributed by atoms with Gasteiger partial charge in [0, 0.05) is 24.4 Å². The van der Waals surface area contributed by atoms with E-state index in [4.69, 9.17) is 10.5 Å². The van der Waals surface area contributed by atoms with Gasteiger partial charge in [0.1, 0.15) is 0 Å². The molecule has 0 radical (unpaired) electrons. The first kappa shape index (κ1) is 14.3. The Balaban J connectivity index is 1.69. The summed E-state index contributed by atoms with van der Waals surface area (Å²) in [5.74, 6) is 0.509. The number of hydrogen-bond donors (Lipinski definition) is 2. The summed E-state index contributed by atoms with van der Waals surface area (Å²) in [4.78, 5) is 10.0. The van der Waals surface area contributed by atoms with Crippen LogP contribution in [0.4, 0.5) is 0 Å². The molecule has 3 N–H and O–H groups in total. The smallest absolute Gasteiger partial charge is 0.188 e. The number of guanidine groups is 1. The Morgan fingerprint density at radius 1 is 1.58 bits per heavy atom. The Morgan fingerprint density at radius 2 is 2.42 bits per heavy atom. The predicted molar refractivity (Wildman–Crippen MR) is 78.8 cm³/mol. The van der Waals surface area contributed by atoms with Crippen molar-refractivity contribution in [1.29, 1.82) is 0 Å². The summed E-state index contributed by atoms with van der Waals surface area (Å²) in [6.07, 6.45) is 3.42. The first-order valence-electron chi connectivity index (χ1n) is 6.73. The van der Waals surface area contributed by atoms with Crippen LogP contribution in [-0.4, -0.2) is 36.7 Å². The lowest BCUT2D eigenvalue weighted by molar-refractivity contribution is 0.118. The fraction of sp³-hybridized carbons (Fsp3) is 0.692. The van der Waals surface area contributed by atoms with Crippen LogP contribution in [0, 0.1) is 13.8 Å². The summed E-state index contributed by atoms with van der Waals surface area (Å²) in [5.41, 5.74) is 6.95. The molecule has 1 aromatic heterocycles. The van der Waals surface area contributed by atoms with E-state index in [1.807, 2.05) is 13.8 Å². The fourth-order valence-electron chi connectivity index (χ4n) is 2.15. The van der Waals surface area contributed by atoms with Gasteiger partial charge < -0.3 is 15.8 Å². The second-order valence-corrected chi connectivity index (χ2v) is 6.07. The van der Waals surface area contributed by atoms with Gasteiger partial charge in [0.2, 0.25) is 0 Å². The van der Waals surface area contributed by atoms with Gasteiger partial charge in [-0.3, -0.25) is 4.99 Å². The van der Waals surface area contributed by atoms with Crippen LogP contribution in [0.25, 0.3) is 0 Å². The molecule has 0 saturated carbocycles. The summed E-state index contributed by atoms with van der Waals surface area (Å²) in [6, 6.07) is 0. The first-order valence-corrected chi connectivity index (χ1v) is 7.55. The monoisotopic (exact) mass is 282 g/mol. The minimum absolute atomic E-state index is 0.256.